The molecule has 1 atom stereocenters. The standard InChI is InChI=1S/C14H18N4O4S/c1-11(9-17-7-6-15-10-17)8-16-12-4-3-5-13(23(2,21)22)14(12)18(19)20/h3-7,10-11,16H,8-9H2,1-2H3. The number of nitro groups is 1. The molecule has 0 aliphatic heterocycles. The average Bonchev–Trinajstić information content (AvgIpc) is 2.96. The molecule has 0 bridgehead atoms. The van der Waals surface area contributed by atoms with Crippen molar-refractivity contribution in [2.45, 2.75) is 18.4 Å². The molecule has 9 heteroatoms. The minimum atomic E-state index is -3.67. The molecular formula is C14H18N4O4S. The molecule has 0 radical (unpaired) electrons. The largest absolute Gasteiger partial charge is 0.379 e. The van der Waals surface area contributed by atoms with Gasteiger partial charge < -0.3 is 9.88 Å². The molecule has 0 fully saturated rings. The van der Waals surface area contributed by atoms with Crippen molar-refractivity contribution < 1.29 is 13.3 Å². The predicted octanol–water partition coefficient (Wildman–Crippen LogP) is 1.94. The van der Waals surface area contributed by atoms with E-state index in [1.54, 1.807) is 12.5 Å². The zero-order valence-corrected chi connectivity index (χ0v) is 13.7. The smallest absolute Gasteiger partial charge is 0.310 e. The fraction of sp³-hybridized carbons (Fsp3) is 0.357. The summed E-state index contributed by atoms with van der Waals surface area (Å²) in [5.41, 5.74) is -0.208. The van der Waals surface area contributed by atoms with Crippen LogP contribution in [0.3, 0.4) is 0 Å². The van der Waals surface area contributed by atoms with Gasteiger partial charge in [0.2, 0.25) is 0 Å². The number of sulfone groups is 1. The van der Waals surface area contributed by atoms with Gasteiger partial charge in [-0.15, -0.1) is 0 Å². The number of rotatable bonds is 7. The van der Waals surface area contributed by atoms with E-state index in [0.29, 0.717) is 13.1 Å². The zero-order valence-electron chi connectivity index (χ0n) is 12.8. The summed E-state index contributed by atoms with van der Waals surface area (Å²) in [5.74, 6) is 0.172. The molecule has 0 spiro atoms. The number of benzene rings is 1. The number of nitrogens with one attached hydrogen (secondary N) is 1. The highest BCUT2D eigenvalue weighted by atomic mass is 32.2. The molecule has 124 valence electrons. The van der Waals surface area contributed by atoms with Crippen LogP contribution < -0.4 is 5.32 Å². The van der Waals surface area contributed by atoms with Crippen molar-refractivity contribution in [2.24, 2.45) is 5.92 Å². The molecule has 2 rings (SSSR count). The van der Waals surface area contributed by atoms with E-state index in [0.717, 1.165) is 6.26 Å². The van der Waals surface area contributed by atoms with E-state index < -0.39 is 20.4 Å². The first-order valence-corrected chi connectivity index (χ1v) is 8.85. The molecule has 0 aliphatic rings. The van der Waals surface area contributed by atoms with Crippen molar-refractivity contribution in [3.05, 3.63) is 47.0 Å². The topological polar surface area (TPSA) is 107 Å². The average molecular weight is 338 g/mol. The van der Waals surface area contributed by atoms with Gasteiger partial charge >= 0.3 is 5.69 Å². The zero-order chi connectivity index (χ0) is 17.0. The molecule has 1 unspecified atom stereocenters. The SMILES string of the molecule is CC(CNc1cccc(S(C)(=O)=O)c1[N+](=O)[O-])Cn1ccnc1. The quantitative estimate of drug-likeness (QED) is 0.611. The third-order valence-corrected chi connectivity index (χ3v) is 4.43. The third kappa shape index (κ3) is 4.28. The summed E-state index contributed by atoms with van der Waals surface area (Å²) in [4.78, 5) is 14.3. The van der Waals surface area contributed by atoms with Crippen LogP contribution in [0.5, 0.6) is 0 Å². The summed E-state index contributed by atoms with van der Waals surface area (Å²) in [6, 6.07) is 4.25. The lowest BCUT2D eigenvalue weighted by atomic mass is 10.1. The summed E-state index contributed by atoms with van der Waals surface area (Å²) in [5, 5.41) is 14.3. The Bertz CT molecular complexity index is 787. The van der Waals surface area contributed by atoms with Crippen molar-refractivity contribution in [2.75, 3.05) is 18.1 Å². The van der Waals surface area contributed by atoms with Crippen LogP contribution in [0, 0.1) is 16.0 Å². The molecule has 1 heterocycles. The summed E-state index contributed by atoms with van der Waals surface area (Å²) >= 11 is 0. The number of hydrogen-bond donors (Lipinski definition) is 1. The van der Waals surface area contributed by atoms with Crippen LogP contribution >= 0.6 is 0 Å². The van der Waals surface area contributed by atoms with Gasteiger partial charge in [-0.2, -0.15) is 0 Å². The van der Waals surface area contributed by atoms with Crippen molar-refractivity contribution >= 4 is 21.2 Å². The number of nitro benzene ring substituents is 1. The van der Waals surface area contributed by atoms with E-state index in [-0.39, 0.29) is 16.5 Å². The third-order valence-electron chi connectivity index (χ3n) is 3.30. The minimum Gasteiger partial charge on any atom is -0.379 e. The highest BCUT2D eigenvalue weighted by Crippen LogP contribution is 2.32. The molecule has 0 saturated carbocycles. The number of nitrogens with zero attached hydrogens (tertiary/aromatic N) is 3. The lowest BCUT2D eigenvalue weighted by Gasteiger charge is -2.15. The first-order valence-electron chi connectivity index (χ1n) is 6.96. The fourth-order valence-electron chi connectivity index (χ4n) is 2.26. The molecule has 23 heavy (non-hydrogen) atoms. The number of hydrogen-bond acceptors (Lipinski definition) is 6. The molecule has 0 amide bonds. The Morgan fingerprint density at radius 1 is 1.43 bits per heavy atom. The molecule has 2 aromatic rings. The molecule has 1 aromatic carbocycles. The van der Waals surface area contributed by atoms with E-state index in [1.807, 2.05) is 17.7 Å². The number of aromatic nitrogens is 2. The van der Waals surface area contributed by atoms with Crippen LogP contribution in [0.2, 0.25) is 0 Å². The maximum absolute atomic E-state index is 11.7. The molecule has 8 nitrogen and oxygen atoms in total. The second-order valence-corrected chi connectivity index (χ2v) is 7.41. The van der Waals surface area contributed by atoms with E-state index in [1.165, 1.54) is 18.2 Å². The Morgan fingerprint density at radius 3 is 2.74 bits per heavy atom. The Labute approximate surface area is 134 Å². The molecular weight excluding hydrogens is 320 g/mol. The van der Waals surface area contributed by atoms with Crippen LogP contribution in [-0.4, -0.2) is 35.7 Å². The number of imidazole rings is 1. The molecule has 0 aliphatic carbocycles. The van der Waals surface area contributed by atoms with Crippen molar-refractivity contribution in [3.63, 3.8) is 0 Å². The Kier molecular flexibility index (Phi) is 4.99. The first kappa shape index (κ1) is 16.9. The number of anilines is 1. The lowest BCUT2D eigenvalue weighted by Crippen LogP contribution is -2.17. The van der Waals surface area contributed by atoms with E-state index in [9.17, 15) is 18.5 Å². The molecule has 1 N–H and O–H groups in total. The van der Waals surface area contributed by atoms with Crippen LogP contribution in [0.25, 0.3) is 0 Å². The van der Waals surface area contributed by atoms with Gasteiger partial charge in [-0.1, -0.05) is 13.0 Å². The van der Waals surface area contributed by atoms with Gasteiger partial charge in [0, 0.05) is 31.7 Å². The molecule has 1 aromatic heterocycles. The predicted molar refractivity (Wildman–Crippen MR) is 86.1 cm³/mol. The van der Waals surface area contributed by atoms with E-state index >= 15 is 0 Å². The second-order valence-electron chi connectivity index (χ2n) is 5.43. The van der Waals surface area contributed by atoms with Gasteiger partial charge in [0.05, 0.1) is 11.3 Å². The van der Waals surface area contributed by atoms with Gasteiger partial charge in [-0.05, 0) is 18.1 Å². The Morgan fingerprint density at radius 2 is 2.17 bits per heavy atom. The van der Waals surface area contributed by atoms with Crippen molar-refractivity contribution in [3.8, 4) is 0 Å². The monoisotopic (exact) mass is 338 g/mol. The maximum atomic E-state index is 11.7. The second kappa shape index (κ2) is 6.78. The fourth-order valence-corrected chi connectivity index (χ4v) is 3.12. The number of para-hydroxylation sites is 1. The van der Waals surface area contributed by atoms with Crippen molar-refractivity contribution in [1.29, 1.82) is 0 Å². The van der Waals surface area contributed by atoms with Crippen LogP contribution in [-0.2, 0) is 16.4 Å². The van der Waals surface area contributed by atoms with Crippen LogP contribution in [0.1, 0.15) is 6.92 Å². The van der Waals surface area contributed by atoms with Gasteiger partial charge in [0.25, 0.3) is 0 Å². The van der Waals surface area contributed by atoms with Gasteiger partial charge in [-0.25, -0.2) is 13.4 Å². The van der Waals surface area contributed by atoms with Gasteiger partial charge in [0.15, 0.2) is 9.84 Å². The maximum Gasteiger partial charge on any atom is 0.310 e. The summed E-state index contributed by atoms with van der Waals surface area (Å²) in [6.07, 6.45) is 6.17. The summed E-state index contributed by atoms with van der Waals surface area (Å²) in [7, 11) is -3.67. The van der Waals surface area contributed by atoms with Gasteiger partial charge in [-0.3, -0.25) is 10.1 Å². The first-order chi connectivity index (χ1) is 10.8. The van der Waals surface area contributed by atoms with Gasteiger partial charge in [0.1, 0.15) is 10.6 Å². The Hall–Kier alpha value is -2.42. The minimum absolute atomic E-state index is 0.172. The van der Waals surface area contributed by atoms with Crippen molar-refractivity contribution in [1.82, 2.24) is 9.55 Å². The Balaban J connectivity index is 2.18. The lowest BCUT2D eigenvalue weighted by molar-refractivity contribution is -0.386. The molecule has 0 saturated heterocycles. The summed E-state index contributed by atoms with van der Waals surface area (Å²) in [6.45, 7) is 3.15. The van der Waals surface area contributed by atoms with Crippen LogP contribution in [0.4, 0.5) is 11.4 Å². The normalized spacial score (nSPS) is 12.8. The highest BCUT2D eigenvalue weighted by molar-refractivity contribution is 7.90. The summed E-state index contributed by atoms with van der Waals surface area (Å²) < 4.78 is 25.3. The van der Waals surface area contributed by atoms with Crippen LogP contribution in [0.15, 0.2) is 41.8 Å². The highest BCUT2D eigenvalue weighted by Gasteiger charge is 2.26. The van der Waals surface area contributed by atoms with E-state index in [4.69, 9.17) is 0 Å². The van der Waals surface area contributed by atoms with E-state index in [2.05, 4.69) is 10.3 Å².